The minimum Gasteiger partial charge on any atom is -0.481 e. The first-order chi connectivity index (χ1) is 10.6. The molecule has 0 saturated carbocycles. The Bertz CT molecular complexity index is 674. The molecular weight excluding hydrogens is 397 g/mol. The molecule has 2 N–H and O–H groups in total. The van der Waals surface area contributed by atoms with Crippen molar-refractivity contribution < 1.29 is 14.3 Å². The van der Waals surface area contributed by atoms with Gasteiger partial charge in [-0.2, -0.15) is 0 Å². The lowest BCUT2D eigenvalue weighted by molar-refractivity contribution is -0.115. The molecule has 1 heterocycles. The Hall–Kier alpha value is -2.16. The quantitative estimate of drug-likeness (QED) is 0.739. The summed E-state index contributed by atoms with van der Waals surface area (Å²) < 4.78 is 5.76. The van der Waals surface area contributed by atoms with Crippen LogP contribution in [0.15, 0.2) is 42.6 Å². The van der Waals surface area contributed by atoms with E-state index in [9.17, 15) is 9.59 Å². The monoisotopic (exact) mass is 411 g/mol. The maximum Gasteiger partial charge on any atom is 0.252 e. The molecule has 0 aliphatic rings. The summed E-state index contributed by atoms with van der Waals surface area (Å²) in [5.74, 6) is -0.149. The molecule has 7 heteroatoms. The highest BCUT2D eigenvalue weighted by Crippen LogP contribution is 2.12. The van der Waals surface area contributed by atoms with Crippen LogP contribution in [0.3, 0.4) is 0 Å². The lowest BCUT2D eigenvalue weighted by Gasteiger charge is -2.08. The van der Waals surface area contributed by atoms with Crippen LogP contribution in [0.1, 0.15) is 10.4 Å². The molecule has 0 aliphatic carbocycles. The summed E-state index contributed by atoms with van der Waals surface area (Å²) in [5, 5.41) is 5.22. The van der Waals surface area contributed by atoms with E-state index < -0.39 is 0 Å². The summed E-state index contributed by atoms with van der Waals surface area (Å²) in [6.07, 6.45) is 1.48. The Balaban J connectivity index is 1.87. The van der Waals surface area contributed by atoms with Crippen molar-refractivity contribution in [1.82, 2.24) is 10.3 Å². The van der Waals surface area contributed by atoms with Crippen molar-refractivity contribution in [3.63, 3.8) is 0 Å². The molecule has 0 fully saturated rings. The number of nitrogens with one attached hydrogen (secondary N) is 2. The summed E-state index contributed by atoms with van der Waals surface area (Å²) in [4.78, 5) is 27.8. The van der Waals surface area contributed by atoms with Crippen LogP contribution in [0.25, 0.3) is 0 Å². The summed E-state index contributed by atoms with van der Waals surface area (Å²) in [7, 11) is 1.51. The second kappa shape index (κ2) is 7.74. The number of anilines is 1. The lowest BCUT2D eigenvalue weighted by atomic mass is 10.2. The van der Waals surface area contributed by atoms with Gasteiger partial charge in [0.25, 0.3) is 5.91 Å². The Morgan fingerprint density at radius 3 is 2.64 bits per heavy atom. The van der Waals surface area contributed by atoms with Crippen molar-refractivity contribution in [2.45, 2.75) is 0 Å². The van der Waals surface area contributed by atoms with Crippen LogP contribution in [0.5, 0.6) is 5.88 Å². The van der Waals surface area contributed by atoms with E-state index in [0.29, 0.717) is 17.1 Å². The molecular formula is C15H14IN3O3. The molecule has 2 rings (SSSR count). The molecule has 22 heavy (non-hydrogen) atoms. The molecule has 2 aromatic rings. The van der Waals surface area contributed by atoms with Gasteiger partial charge in [0.1, 0.15) is 0 Å². The highest BCUT2D eigenvalue weighted by atomic mass is 127. The van der Waals surface area contributed by atoms with Gasteiger partial charge in [0.05, 0.1) is 31.1 Å². The molecule has 1 aromatic carbocycles. The van der Waals surface area contributed by atoms with E-state index in [1.165, 1.54) is 13.3 Å². The number of methoxy groups -OCH3 is 1. The molecule has 0 unspecified atom stereocenters. The third kappa shape index (κ3) is 4.42. The fourth-order valence-corrected chi connectivity index (χ4v) is 2.31. The zero-order valence-electron chi connectivity index (χ0n) is 11.8. The number of amides is 2. The number of hydrogen-bond donors (Lipinski definition) is 2. The molecule has 0 bridgehead atoms. The molecule has 0 saturated heterocycles. The van der Waals surface area contributed by atoms with Crippen LogP contribution in [-0.2, 0) is 4.79 Å². The third-order valence-electron chi connectivity index (χ3n) is 2.76. The highest BCUT2D eigenvalue weighted by Gasteiger charge is 2.10. The van der Waals surface area contributed by atoms with Crippen LogP contribution in [-0.4, -0.2) is 30.5 Å². The maximum absolute atomic E-state index is 12.0. The van der Waals surface area contributed by atoms with Crippen molar-refractivity contribution in [2.24, 2.45) is 0 Å². The van der Waals surface area contributed by atoms with Gasteiger partial charge in [-0.15, -0.1) is 0 Å². The minimum absolute atomic E-state index is 0.115. The van der Waals surface area contributed by atoms with Gasteiger partial charge < -0.3 is 15.4 Å². The number of benzene rings is 1. The maximum atomic E-state index is 12.0. The van der Waals surface area contributed by atoms with Gasteiger partial charge in [0.2, 0.25) is 11.8 Å². The summed E-state index contributed by atoms with van der Waals surface area (Å²) in [5.41, 5.74) is 1.08. The van der Waals surface area contributed by atoms with E-state index >= 15 is 0 Å². The van der Waals surface area contributed by atoms with Gasteiger partial charge in [-0.3, -0.25) is 9.59 Å². The summed E-state index contributed by atoms with van der Waals surface area (Å²) in [6, 6.07) is 10.5. The van der Waals surface area contributed by atoms with E-state index in [-0.39, 0.29) is 18.4 Å². The van der Waals surface area contributed by atoms with Gasteiger partial charge in [-0.05, 0) is 40.8 Å². The van der Waals surface area contributed by atoms with Crippen LogP contribution in [0.2, 0.25) is 0 Å². The highest BCUT2D eigenvalue weighted by molar-refractivity contribution is 14.1. The second-order valence-electron chi connectivity index (χ2n) is 4.30. The van der Waals surface area contributed by atoms with Crippen LogP contribution < -0.4 is 15.4 Å². The molecule has 6 nitrogen and oxygen atoms in total. The molecule has 2 amide bonds. The fourth-order valence-electron chi connectivity index (χ4n) is 1.68. The third-order valence-corrected chi connectivity index (χ3v) is 3.70. The van der Waals surface area contributed by atoms with Crippen molar-refractivity contribution in [2.75, 3.05) is 19.0 Å². The molecule has 0 radical (unpaired) electrons. The number of carbonyl (C=O) groups is 2. The first kappa shape index (κ1) is 16.2. The predicted molar refractivity (Wildman–Crippen MR) is 90.9 cm³/mol. The van der Waals surface area contributed by atoms with Crippen molar-refractivity contribution in [3.05, 3.63) is 51.7 Å². The Morgan fingerprint density at radius 1 is 1.23 bits per heavy atom. The van der Waals surface area contributed by atoms with Crippen LogP contribution in [0.4, 0.5) is 5.69 Å². The zero-order valence-corrected chi connectivity index (χ0v) is 14.0. The first-order valence-electron chi connectivity index (χ1n) is 6.43. The van der Waals surface area contributed by atoms with Crippen molar-refractivity contribution in [1.29, 1.82) is 0 Å². The van der Waals surface area contributed by atoms with E-state index in [1.807, 2.05) is 12.1 Å². The van der Waals surface area contributed by atoms with Crippen LogP contribution in [0, 0.1) is 3.57 Å². The van der Waals surface area contributed by atoms with Gasteiger partial charge in [-0.1, -0.05) is 12.1 Å². The second-order valence-corrected chi connectivity index (χ2v) is 5.46. The molecule has 1 aromatic heterocycles. The number of rotatable bonds is 5. The Morgan fingerprint density at radius 2 is 2.00 bits per heavy atom. The number of hydrogen-bond acceptors (Lipinski definition) is 4. The van der Waals surface area contributed by atoms with Crippen molar-refractivity contribution >= 4 is 40.1 Å². The number of carbonyl (C=O) groups excluding carboxylic acids is 2. The lowest BCUT2D eigenvalue weighted by Crippen LogP contribution is -2.33. The van der Waals surface area contributed by atoms with Gasteiger partial charge >= 0.3 is 0 Å². The number of halogens is 1. The number of ether oxygens (including phenoxy) is 1. The van der Waals surface area contributed by atoms with E-state index in [2.05, 4.69) is 38.2 Å². The number of nitrogens with zero attached hydrogens (tertiary/aromatic N) is 1. The van der Waals surface area contributed by atoms with E-state index in [1.54, 1.807) is 24.3 Å². The molecule has 114 valence electrons. The number of pyridine rings is 1. The van der Waals surface area contributed by atoms with Crippen molar-refractivity contribution in [3.8, 4) is 5.88 Å². The van der Waals surface area contributed by atoms with Gasteiger partial charge in [-0.25, -0.2) is 4.98 Å². The average molecular weight is 411 g/mol. The first-order valence-corrected chi connectivity index (χ1v) is 7.50. The molecule has 0 spiro atoms. The Labute approximate surface area is 141 Å². The summed E-state index contributed by atoms with van der Waals surface area (Å²) in [6.45, 7) is -0.115. The average Bonchev–Trinajstić information content (AvgIpc) is 2.54. The Kier molecular flexibility index (Phi) is 5.70. The largest absolute Gasteiger partial charge is 0.481 e. The molecule has 0 aliphatic heterocycles. The van der Waals surface area contributed by atoms with E-state index in [0.717, 1.165) is 3.57 Å². The SMILES string of the molecule is COc1ccc(NC(=O)CNC(=O)c2ccccc2I)cn1. The molecule has 0 atom stereocenters. The minimum atomic E-state index is -0.328. The topological polar surface area (TPSA) is 80.3 Å². The summed E-state index contributed by atoms with van der Waals surface area (Å²) >= 11 is 2.08. The van der Waals surface area contributed by atoms with Gasteiger partial charge in [0, 0.05) is 9.64 Å². The number of aromatic nitrogens is 1. The van der Waals surface area contributed by atoms with E-state index in [4.69, 9.17) is 4.74 Å². The van der Waals surface area contributed by atoms with Gasteiger partial charge in [0.15, 0.2) is 0 Å². The van der Waals surface area contributed by atoms with Crippen LogP contribution >= 0.6 is 22.6 Å². The fraction of sp³-hybridized carbons (Fsp3) is 0.133. The normalized spacial score (nSPS) is 9.91. The standard InChI is InChI=1S/C15H14IN3O3/c1-22-14-7-6-10(8-17-14)19-13(20)9-18-15(21)11-4-2-3-5-12(11)16/h2-8H,9H2,1H3,(H,18,21)(H,19,20). The predicted octanol–water partition coefficient (Wildman–Crippen LogP) is 2.06. The zero-order chi connectivity index (χ0) is 15.9. The smallest absolute Gasteiger partial charge is 0.252 e.